The van der Waals surface area contributed by atoms with Crippen LogP contribution in [0.2, 0.25) is 0 Å². The van der Waals surface area contributed by atoms with E-state index in [4.69, 9.17) is 9.52 Å². The molecule has 0 aliphatic heterocycles. The number of furan rings is 1. The van der Waals surface area contributed by atoms with Crippen molar-refractivity contribution in [3.63, 3.8) is 0 Å². The predicted octanol–water partition coefficient (Wildman–Crippen LogP) is 5.78. The van der Waals surface area contributed by atoms with E-state index in [0.717, 1.165) is 72.1 Å². The zero-order valence-electron chi connectivity index (χ0n) is 21.7. The first-order chi connectivity index (χ1) is 18.1. The largest absolute Gasteiger partial charge is 0.468 e. The Kier molecular flexibility index (Phi) is 6.67. The molecule has 2 fully saturated rings. The molecule has 2 aliphatic carbocycles. The molecule has 0 spiro atoms. The monoisotopic (exact) mass is 500 g/mol. The molecule has 0 bridgehead atoms. The Hall–Kier alpha value is -3.26. The molecule has 0 radical (unpaired) electrons. The van der Waals surface area contributed by atoms with Gasteiger partial charge < -0.3 is 9.40 Å². The van der Waals surface area contributed by atoms with Crippen molar-refractivity contribution in [1.29, 1.82) is 0 Å². The van der Waals surface area contributed by atoms with Crippen LogP contribution in [0.3, 0.4) is 0 Å². The summed E-state index contributed by atoms with van der Waals surface area (Å²) in [5, 5.41) is 14.5. The van der Waals surface area contributed by atoms with Gasteiger partial charge in [0.1, 0.15) is 5.76 Å². The number of H-pyrrole nitrogens is 1. The van der Waals surface area contributed by atoms with E-state index >= 15 is 0 Å². The molecular formula is C29H36N6O2. The summed E-state index contributed by atoms with van der Waals surface area (Å²) in [6, 6.07) is 12.5. The zero-order valence-corrected chi connectivity index (χ0v) is 21.7. The average molecular weight is 501 g/mol. The molecule has 0 unspecified atom stereocenters. The third kappa shape index (κ3) is 4.63. The first-order valence-corrected chi connectivity index (χ1v) is 13.8. The fourth-order valence-electron chi connectivity index (χ4n) is 6.59. The van der Waals surface area contributed by atoms with Gasteiger partial charge in [0.05, 0.1) is 29.9 Å². The predicted molar refractivity (Wildman–Crippen MR) is 142 cm³/mol. The highest BCUT2D eigenvalue weighted by Gasteiger charge is 2.45. The molecule has 6 rings (SSSR count). The summed E-state index contributed by atoms with van der Waals surface area (Å²) >= 11 is 0. The van der Waals surface area contributed by atoms with Crippen LogP contribution in [0, 0.1) is 6.92 Å². The van der Waals surface area contributed by atoms with Gasteiger partial charge in [0.15, 0.2) is 5.82 Å². The van der Waals surface area contributed by atoms with Crippen molar-refractivity contribution < 1.29 is 4.42 Å². The lowest BCUT2D eigenvalue weighted by Crippen LogP contribution is -2.49. The van der Waals surface area contributed by atoms with E-state index in [9.17, 15) is 4.79 Å². The number of aryl methyl sites for hydroxylation is 1. The maximum absolute atomic E-state index is 13.4. The minimum Gasteiger partial charge on any atom is -0.468 e. The summed E-state index contributed by atoms with van der Waals surface area (Å²) in [5.74, 6) is 1.84. The van der Waals surface area contributed by atoms with Gasteiger partial charge in [-0.1, -0.05) is 56.7 Å². The minimum atomic E-state index is -0.361. The number of tetrazole rings is 1. The van der Waals surface area contributed by atoms with E-state index in [2.05, 4.69) is 37.1 Å². The average Bonchev–Trinajstić information content (AvgIpc) is 3.63. The molecule has 1 aromatic carbocycles. The van der Waals surface area contributed by atoms with Crippen LogP contribution in [-0.2, 0) is 18.6 Å². The molecule has 8 heteroatoms. The van der Waals surface area contributed by atoms with Gasteiger partial charge in [-0.3, -0.25) is 9.69 Å². The Labute approximate surface area is 217 Å². The lowest BCUT2D eigenvalue weighted by molar-refractivity contribution is 0.0124. The molecule has 0 atom stereocenters. The Bertz CT molecular complexity index is 1390. The topological polar surface area (TPSA) is 92.8 Å². The first-order valence-electron chi connectivity index (χ1n) is 13.8. The molecular weight excluding hydrogens is 464 g/mol. The third-order valence-corrected chi connectivity index (χ3v) is 8.57. The second-order valence-electron chi connectivity index (χ2n) is 10.9. The Balaban J connectivity index is 1.45. The molecule has 1 N–H and O–H groups in total. The molecule has 3 heterocycles. The van der Waals surface area contributed by atoms with Gasteiger partial charge in [-0.15, -0.1) is 5.10 Å². The lowest BCUT2D eigenvalue weighted by Gasteiger charge is -2.45. The molecule has 0 amide bonds. The zero-order chi connectivity index (χ0) is 25.2. The van der Waals surface area contributed by atoms with Crippen LogP contribution < -0.4 is 5.56 Å². The first kappa shape index (κ1) is 24.1. The standard InChI is InChI=1S/C29H36N6O2/c1-21-10-8-11-22-18-23(27(36)30-26(21)22)19-34(20-25-14-9-17-37-25)29(15-6-3-7-16-29)28-31-32-33-35(28)24-12-4-2-5-13-24/h8-11,14,17-18,24H,2-7,12-13,15-16,19-20H2,1H3,(H,30,36). The lowest BCUT2D eigenvalue weighted by atomic mass is 9.78. The molecule has 4 aromatic rings. The van der Waals surface area contributed by atoms with Crippen LogP contribution >= 0.6 is 0 Å². The number of benzene rings is 1. The van der Waals surface area contributed by atoms with E-state index in [1.807, 2.05) is 31.2 Å². The highest BCUT2D eigenvalue weighted by molar-refractivity contribution is 5.81. The second-order valence-corrected chi connectivity index (χ2v) is 10.9. The van der Waals surface area contributed by atoms with E-state index in [1.54, 1.807) is 6.26 Å². The summed E-state index contributed by atoms with van der Waals surface area (Å²) in [7, 11) is 0. The van der Waals surface area contributed by atoms with Crippen LogP contribution in [-0.4, -0.2) is 30.1 Å². The number of aromatic amines is 1. The fraction of sp³-hybridized carbons (Fsp3) is 0.517. The van der Waals surface area contributed by atoms with E-state index in [0.29, 0.717) is 19.1 Å². The van der Waals surface area contributed by atoms with E-state index < -0.39 is 0 Å². The Morgan fingerprint density at radius 3 is 2.65 bits per heavy atom. The van der Waals surface area contributed by atoms with Gasteiger partial charge in [-0.25, -0.2) is 4.68 Å². The van der Waals surface area contributed by atoms with Crippen molar-refractivity contribution in [3.8, 4) is 0 Å². The minimum absolute atomic E-state index is 0.0379. The Morgan fingerprint density at radius 2 is 1.86 bits per heavy atom. The summed E-state index contributed by atoms with van der Waals surface area (Å²) in [6.07, 6.45) is 13.0. The van der Waals surface area contributed by atoms with Gasteiger partial charge in [-0.05, 0) is 72.2 Å². The second kappa shape index (κ2) is 10.2. The molecule has 8 nitrogen and oxygen atoms in total. The molecule has 2 saturated carbocycles. The van der Waals surface area contributed by atoms with Gasteiger partial charge in [0.2, 0.25) is 0 Å². The third-order valence-electron chi connectivity index (χ3n) is 8.57. The number of hydrogen-bond donors (Lipinski definition) is 1. The number of aromatic nitrogens is 5. The molecule has 2 aliphatic rings. The van der Waals surface area contributed by atoms with Gasteiger partial charge in [0.25, 0.3) is 5.56 Å². The van der Waals surface area contributed by atoms with Crippen LogP contribution in [0.25, 0.3) is 10.9 Å². The normalized spacial score (nSPS) is 18.5. The van der Waals surface area contributed by atoms with Crippen molar-refractivity contribution in [3.05, 3.63) is 75.7 Å². The molecule has 37 heavy (non-hydrogen) atoms. The number of hydrogen-bond acceptors (Lipinski definition) is 6. The van der Waals surface area contributed by atoms with Crippen molar-refractivity contribution in [2.45, 2.75) is 95.8 Å². The van der Waals surface area contributed by atoms with E-state index in [-0.39, 0.29) is 11.1 Å². The molecule has 194 valence electrons. The van der Waals surface area contributed by atoms with Gasteiger partial charge in [-0.2, -0.15) is 0 Å². The van der Waals surface area contributed by atoms with Crippen molar-refractivity contribution in [2.24, 2.45) is 0 Å². The van der Waals surface area contributed by atoms with Crippen LogP contribution in [0.1, 0.15) is 93.0 Å². The number of nitrogens with zero attached hydrogens (tertiary/aromatic N) is 5. The van der Waals surface area contributed by atoms with Gasteiger partial charge >= 0.3 is 0 Å². The highest BCUT2D eigenvalue weighted by Crippen LogP contribution is 2.44. The van der Waals surface area contributed by atoms with Crippen LogP contribution in [0.5, 0.6) is 0 Å². The quantitative estimate of drug-likeness (QED) is 0.346. The fourth-order valence-corrected chi connectivity index (χ4v) is 6.59. The van der Waals surface area contributed by atoms with Crippen LogP contribution in [0.15, 0.2) is 51.9 Å². The van der Waals surface area contributed by atoms with Crippen molar-refractivity contribution >= 4 is 10.9 Å². The van der Waals surface area contributed by atoms with E-state index in [1.165, 1.54) is 25.7 Å². The smallest absolute Gasteiger partial charge is 0.252 e. The molecule has 3 aromatic heterocycles. The SMILES string of the molecule is Cc1cccc2cc(CN(Cc3ccco3)C3(c4nnnn4C4CCCCC4)CCCCC3)c(=O)[nH]c12. The number of para-hydroxylation sites is 1. The number of fused-ring (bicyclic) bond motifs is 1. The van der Waals surface area contributed by atoms with Crippen molar-refractivity contribution in [2.75, 3.05) is 0 Å². The maximum Gasteiger partial charge on any atom is 0.252 e. The van der Waals surface area contributed by atoms with Crippen LogP contribution in [0.4, 0.5) is 0 Å². The number of pyridine rings is 1. The summed E-state index contributed by atoms with van der Waals surface area (Å²) in [6.45, 7) is 3.12. The number of nitrogens with one attached hydrogen (secondary N) is 1. The number of rotatable bonds is 7. The van der Waals surface area contributed by atoms with Gasteiger partial charge in [0, 0.05) is 12.1 Å². The summed E-state index contributed by atoms with van der Waals surface area (Å²) < 4.78 is 7.96. The molecule has 0 saturated heterocycles. The summed E-state index contributed by atoms with van der Waals surface area (Å²) in [4.78, 5) is 18.9. The summed E-state index contributed by atoms with van der Waals surface area (Å²) in [5.41, 5.74) is 2.34. The highest BCUT2D eigenvalue weighted by atomic mass is 16.3. The maximum atomic E-state index is 13.4. The van der Waals surface area contributed by atoms with Crippen molar-refractivity contribution in [1.82, 2.24) is 30.1 Å². The Morgan fingerprint density at radius 1 is 1.05 bits per heavy atom.